The van der Waals surface area contributed by atoms with Crippen molar-refractivity contribution in [1.82, 2.24) is 0 Å². The Hall–Kier alpha value is -3.38. The Bertz CT molecular complexity index is 1220. The predicted octanol–water partition coefficient (Wildman–Crippen LogP) is 5.86. The Balaban J connectivity index is 1.73. The van der Waals surface area contributed by atoms with Crippen molar-refractivity contribution in [2.75, 3.05) is 7.11 Å². The molecule has 5 rings (SSSR count). The first-order valence-electron chi connectivity index (χ1n) is 10.5. The normalized spacial score (nSPS) is 24.8. The summed E-state index contributed by atoms with van der Waals surface area (Å²) < 4.78 is 5.31. The largest absolute Gasteiger partial charge is 0.497 e. The van der Waals surface area contributed by atoms with E-state index in [1.807, 2.05) is 78.9 Å². The fourth-order valence-corrected chi connectivity index (χ4v) is 6.09. The molecule has 2 aliphatic rings. The van der Waals surface area contributed by atoms with Gasteiger partial charge in [0.15, 0.2) is 5.78 Å². The molecule has 0 radical (unpaired) electrons. The molecule has 0 saturated carbocycles. The molecule has 1 fully saturated rings. The number of carbonyl (C=O) groups is 1. The van der Waals surface area contributed by atoms with Crippen LogP contribution in [0.25, 0.3) is 0 Å². The van der Waals surface area contributed by atoms with Crippen molar-refractivity contribution >= 4 is 33.3 Å². The highest BCUT2D eigenvalue weighted by molar-refractivity contribution is 8.27. The molecule has 6 heteroatoms. The van der Waals surface area contributed by atoms with Gasteiger partial charge in [0.2, 0.25) is 0 Å². The minimum atomic E-state index is -0.926. The van der Waals surface area contributed by atoms with Crippen molar-refractivity contribution in [3.8, 4) is 5.75 Å². The Morgan fingerprint density at radius 1 is 1.00 bits per heavy atom. The van der Waals surface area contributed by atoms with Gasteiger partial charge < -0.3 is 9.94 Å². The van der Waals surface area contributed by atoms with E-state index in [-0.39, 0.29) is 5.78 Å². The van der Waals surface area contributed by atoms with Crippen LogP contribution in [0.2, 0.25) is 0 Å². The number of hydrogen-bond donors (Lipinski definition) is 1. The SMILES string of the molecule is COc1ccc(C2/C(=N/O)SC(=Nc3ccccc3)C23CCc2ccccc2C3=O)cc1. The van der Waals surface area contributed by atoms with Crippen molar-refractivity contribution in [2.45, 2.75) is 18.8 Å². The topological polar surface area (TPSA) is 71.2 Å². The first-order chi connectivity index (χ1) is 15.7. The summed E-state index contributed by atoms with van der Waals surface area (Å²) >= 11 is 1.30. The summed E-state index contributed by atoms with van der Waals surface area (Å²) in [4.78, 5) is 19.1. The zero-order valence-corrected chi connectivity index (χ0v) is 18.4. The fraction of sp³-hybridized carbons (Fsp3) is 0.192. The van der Waals surface area contributed by atoms with Gasteiger partial charge in [0.1, 0.15) is 10.8 Å². The molecule has 32 heavy (non-hydrogen) atoms. The maximum absolute atomic E-state index is 14.2. The lowest BCUT2D eigenvalue weighted by molar-refractivity contribution is 0.0843. The van der Waals surface area contributed by atoms with Crippen LogP contribution in [0.5, 0.6) is 5.75 Å². The molecule has 3 aromatic rings. The van der Waals surface area contributed by atoms with Crippen molar-refractivity contribution in [2.24, 2.45) is 15.6 Å². The van der Waals surface area contributed by atoms with Crippen LogP contribution in [0.15, 0.2) is 89.0 Å². The number of oxime groups is 1. The average Bonchev–Trinajstić information content (AvgIpc) is 3.16. The highest BCUT2D eigenvalue weighted by atomic mass is 32.2. The number of benzene rings is 3. The average molecular weight is 443 g/mol. The van der Waals surface area contributed by atoms with Gasteiger partial charge in [-0.15, -0.1) is 0 Å². The smallest absolute Gasteiger partial charge is 0.176 e. The van der Waals surface area contributed by atoms with Crippen molar-refractivity contribution < 1.29 is 14.7 Å². The quantitative estimate of drug-likeness (QED) is 0.407. The molecule has 1 aliphatic carbocycles. The molecule has 5 nitrogen and oxygen atoms in total. The second-order valence-electron chi connectivity index (χ2n) is 7.96. The highest BCUT2D eigenvalue weighted by Crippen LogP contribution is 2.57. The van der Waals surface area contributed by atoms with E-state index < -0.39 is 11.3 Å². The number of Topliss-reactive ketones (excluding diaryl/α,β-unsaturated/α-hetero) is 1. The van der Waals surface area contributed by atoms with Crippen molar-refractivity contribution in [1.29, 1.82) is 0 Å². The number of ketones is 1. The van der Waals surface area contributed by atoms with E-state index in [0.29, 0.717) is 16.5 Å². The fourth-order valence-electron chi connectivity index (χ4n) is 4.75. The van der Waals surface area contributed by atoms with Crippen LogP contribution in [0.4, 0.5) is 5.69 Å². The number of rotatable bonds is 3. The molecule has 160 valence electrons. The molecule has 0 aromatic heterocycles. The van der Waals surface area contributed by atoms with Crippen LogP contribution < -0.4 is 4.74 Å². The first-order valence-corrected chi connectivity index (χ1v) is 11.3. The van der Waals surface area contributed by atoms with Gasteiger partial charge in [-0.05, 0) is 48.2 Å². The molecular weight excluding hydrogens is 420 g/mol. The Morgan fingerprint density at radius 2 is 1.72 bits per heavy atom. The van der Waals surface area contributed by atoms with Gasteiger partial charge in [0.25, 0.3) is 0 Å². The first kappa shape index (κ1) is 20.5. The van der Waals surface area contributed by atoms with E-state index in [9.17, 15) is 10.0 Å². The van der Waals surface area contributed by atoms with Crippen molar-refractivity contribution in [3.05, 3.63) is 95.6 Å². The summed E-state index contributed by atoms with van der Waals surface area (Å²) in [6, 6.07) is 25.0. The number of aliphatic imine (C=N–C) groups is 1. The van der Waals surface area contributed by atoms with Crippen LogP contribution in [-0.4, -0.2) is 28.2 Å². The van der Waals surface area contributed by atoms with Crippen LogP contribution >= 0.6 is 11.8 Å². The Morgan fingerprint density at radius 3 is 2.44 bits per heavy atom. The number of nitrogens with zero attached hydrogens (tertiary/aromatic N) is 2. The standard InChI is InChI=1S/C26H22N2O3S/c1-31-20-13-11-18(12-14-20)22-24(28-30)32-25(27-19-8-3-2-4-9-19)26(22)16-15-17-7-5-6-10-21(17)23(26)29/h2-14,22,30H,15-16H2,1H3/b27-25?,28-24-. The maximum Gasteiger partial charge on any atom is 0.176 e. The van der Waals surface area contributed by atoms with Gasteiger partial charge in [-0.1, -0.05) is 71.5 Å². The summed E-state index contributed by atoms with van der Waals surface area (Å²) in [6.07, 6.45) is 1.35. The number of ether oxygens (including phenoxy) is 1. The molecule has 2 atom stereocenters. The van der Waals surface area contributed by atoms with Gasteiger partial charge >= 0.3 is 0 Å². The van der Waals surface area contributed by atoms with Crippen molar-refractivity contribution in [3.63, 3.8) is 0 Å². The lowest BCUT2D eigenvalue weighted by Gasteiger charge is -2.37. The molecule has 1 aliphatic heterocycles. The zero-order chi connectivity index (χ0) is 22.1. The Kier molecular flexibility index (Phi) is 5.31. The molecule has 0 amide bonds. The third-order valence-corrected chi connectivity index (χ3v) is 7.49. The maximum atomic E-state index is 14.2. The van der Waals surface area contributed by atoms with Crippen LogP contribution in [0.3, 0.4) is 0 Å². The third kappa shape index (κ3) is 3.22. The van der Waals surface area contributed by atoms with Gasteiger partial charge in [0, 0.05) is 5.56 Å². The number of methoxy groups -OCH3 is 1. The van der Waals surface area contributed by atoms with Gasteiger partial charge in [-0.2, -0.15) is 0 Å². The van der Waals surface area contributed by atoms with Crippen LogP contribution in [-0.2, 0) is 6.42 Å². The van der Waals surface area contributed by atoms with E-state index in [0.717, 1.165) is 34.5 Å². The number of para-hydroxylation sites is 1. The summed E-state index contributed by atoms with van der Waals surface area (Å²) in [5.41, 5.74) is 2.52. The van der Waals surface area contributed by atoms with E-state index in [1.54, 1.807) is 7.11 Å². The van der Waals surface area contributed by atoms with E-state index in [2.05, 4.69) is 5.16 Å². The number of carbonyl (C=O) groups excluding carboxylic acids is 1. The van der Waals surface area contributed by atoms with Crippen LogP contribution in [0, 0.1) is 5.41 Å². The van der Waals surface area contributed by atoms with Crippen LogP contribution in [0.1, 0.15) is 33.8 Å². The lowest BCUT2D eigenvalue weighted by Crippen LogP contribution is -2.44. The molecule has 1 heterocycles. The summed E-state index contributed by atoms with van der Waals surface area (Å²) in [7, 11) is 1.62. The number of aryl methyl sites for hydroxylation is 1. The highest BCUT2D eigenvalue weighted by Gasteiger charge is 2.59. The third-order valence-electron chi connectivity index (χ3n) is 6.31. The van der Waals surface area contributed by atoms with E-state index >= 15 is 0 Å². The minimum absolute atomic E-state index is 0.0287. The number of fused-ring (bicyclic) bond motifs is 1. The summed E-state index contributed by atoms with van der Waals surface area (Å²) in [5, 5.41) is 14.8. The van der Waals surface area contributed by atoms with E-state index in [1.165, 1.54) is 11.8 Å². The summed E-state index contributed by atoms with van der Waals surface area (Å²) in [6.45, 7) is 0. The zero-order valence-electron chi connectivity index (χ0n) is 17.6. The predicted molar refractivity (Wildman–Crippen MR) is 128 cm³/mol. The molecular formula is C26H22N2O3S. The second-order valence-corrected chi connectivity index (χ2v) is 8.97. The van der Waals surface area contributed by atoms with Gasteiger partial charge in [-0.3, -0.25) is 4.79 Å². The monoisotopic (exact) mass is 442 g/mol. The second kappa shape index (κ2) is 8.28. The number of hydrogen-bond acceptors (Lipinski definition) is 6. The molecule has 3 aromatic carbocycles. The number of thioether (sulfide) groups is 1. The Labute approximate surface area is 190 Å². The molecule has 2 unspecified atom stereocenters. The minimum Gasteiger partial charge on any atom is -0.497 e. The van der Waals surface area contributed by atoms with Gasteiger partial charge in [0.05, 0.1) is 29.2 Å². The van der Waals surface area contributed by atoms with Gasteiger partial charge in [-0.25, -0.2) is 4.99 Å². The molecule has 1 spiro atoms. The molecule has 1 saturated heterocycles. The molecule has 1 N–H and O–H groups in total. The molecule has 0 bridgehead atoms. The lowest BCUT2D eigenvalue weighted by atomic mass is 9.62. The van der Waals surface area contributed by atoms with E-state index in [4.69, 9.17) is 9.73 Å². The summed E-state index contributed by atoms with van der Waals surface area (Å²) in [5.74, 6) is 0.335.